The van der Waals surface area contributed by atoms with Crippen molar-refractivity contribution in [3.05, 3.63) is 53.2 Å². The summed E-state index contributed by atoms with van der Waals surface area (Å²) in [5.41, 5.74) is 2.57. The largest absolute Gasteiger partial charge is 0.481 e. The first-order valence-corrected chi connectivity index (χ1v) is 6.87. The highest BCUT2D eigenvalue weighted by Gasteiger charge is 2.17. The highest BCUT2D eigenvalue weighted by atomic mass is 19.1. The molecule has 3 heterocycles. The van der Waals surface area contributed by atoms with Crippen molar-refractivity contribution in [1.82, 2.24) is 14.5 Å². The van der Waals surface area contributed by atoms with Crippen molar-refractivity contribution < 1.29 is 19.0 Å². The number of hydrogen-bond donors (Lipinski definition) is 1. The van der Waals surface area contributed by atoms with Gasteiger partial charge in [0.15, 0.2) is 0 Å². The normalized spacial score (nSPS) is 10.9. The number of aromatic carboxylic acids is 1. The zero-order valence-electron chi connectivity index (χ0n) is 12.6. The van der Waals surface area contributed by atoms with E-state index in [4.69, 9.17) is 4.74 Å². The fraction of sp³-hybridized carbons (Fsp3) is 0.188. The van der Waals surface area contributed by atoms with E-state index >= 15 is 0 Å². The molecular weight excluding hydrogens is 301 g/mol. The smallest absolute Gasteiger partial charge is 0.339 e. The lowest BCUT2D eigenvalue weighted by molar-refractivity contribution is 0.0698. The summed E-state index contributed by atoms with van der Waals surface area (Å²) in [5.74, 6) is -1.25. The quantitative estimate of drug-likeness (QED) is 0.801. The zero-order chi connectivity index (χ0) is 16.6. The fourth-order valence-corrected chi connectivity index (χ4v) is 2.50. The number of nitrogens with zero attached hydrogens (tertiary/aromatic N) is 3. The molecule has 0 bridgehead atoms. The molecule has 0 unspecified atom stereocenters. The van der Waals surface area contributed by atoms with Crippen molar-refractivity contribution in [2.45, 2.75) is 13.5 Å². The number of carboxylic acid groups (broad SMARTS) is 1. The van der Waals surface area contributed by atoms with Crippen LogP contribution >= 0.6 is 0 Å². The van der Waals surface area contributed by atoms with Gasteiger partial charge in [0, 0.05) is 18.0 Å². The molecule has 0 aromatic carbocycles. The highest BCUT2D eigenvalue weighted by molar-refractivity contribution is 6.01. The fourth-order valence-electron chi connectivity index (χ4n) is 2.50. The summed E-state index contributed by atoms with van der Waals surface area (Å²) >= 11 is 0. The van der Waals surface area contributed by atoms with Crippen LogP contribution in [-0.4, -0.2) is 32.7 Å². The Bertz CT molecular complexity index is 905. The topological polar surface area (TPSA) is 77.2 Å². The van der Waals surface area contributed by atoms with Crippen LogP contribution in [0.3, 0.4) is 0 Å². The second-order valence-electron chi connectivity index (χ2n) is 5.18. The number of pyridine rings is 2. The van der Waals surface area contributed by atoms with Gasteiger partial charge in [-0.15, -0.1) is 0 Å². The molecule has 6 nitrogen and oxygen atoms in total. The Kier molecular flexibility index (Phi) is 3.69. The molecule has 118 valence electrons. The van der Waals surface area contributed by atoms with Gasteiger partial charge < -0.3 is 14.4 Å². The first kappa shape index (κ1) is 15.0. The van der Waals surface area contributed by atoms with Crippen LogP contribution in [0.2, 0.25) is 0 Å². The molecule has 3 aromatic rings. The molecule has 0 saturated carbocycles. The van der Waals surface area contributed by atoms with Crippen LogP contribution < -0.4 is 4.74 Å². The van der Waals surface area contributed by atoms with Gasteiger partial charge in [0.25, 0.3) is 0 Å². The molecule has 7 heteroatoms. The summed E-state index contributed by atoms with van der Waals surface area (Å²) in [7, 11) is 1.45. The number of halogens is 1. The molecule has 0 aliphatic heterocycles. The van der Waals surface area contributed by atoms with E-state index in [9.17, 15) is 14.3 Å². The molecule has 0 radical (unpaired) electrons. The lowest BCUT2D eigenvalue weighted by Crippen LogP contribution is -2.03. The van der Waals surface area contributed by atoms with Gasteiger partial charge in [-0.1, -0.05) is 0 Å². The molecule has 0 atom stereocenters. The van der Waals surface area contributed by atoms with Crippen molar-refractivity contribution in [2.24, 2.45) is 0 Å². The number of ether oxygens (including phenoxy) is 1. The first-order valence-electron chi connectivity index (χ1n) is 6.87. The number of fused-ring (bicyclic) bond motifs is 1. The van der Waals surface area contributed by atoms with Crippen molar-refractivity contribution in [3.63, 3.8) is 0 Å². The van der Waals surface area contributed by atoms with Gasteiger partial charge in [-0.05, 0) is 24.6 Å². The molecule has 1 N–H and O–H groups in total. The summed E-state index contributed by atoms with van der Waals surface area (Å²) in [6.45, 7) is 2.09. The van der Waals surface area contributed by atoms with Gasteiger partial charge in [0.2, 0.25) is 5.88 Å². The van der Waals surface area contributed by atoms with Crippen LogP contribution in [0.1, 0.15) is 21.5 Å². The maximum absolute atomic E-state index is 13.5. The number of carboxylic acids is 1. The van der Waals surface area contributed by atoms with E-state index < -0.39 is 11.8 Å². The van der Waals surface area contributed by atoms with Crippen LogP contribution in [0.5, 0.6) is 5.88 Å². The van der Waals surface area contributed by atoms with Crippen molar-refractivity contribution in [1.29, 1.82) is 0 Å². The first-order chi connectivity index (χ1) is 11.0. The molecule has 0 aliphatic carbocycles. The SMILES string of the molecule is COc1ncc(F)cc1Cn1cc(C(=O)O)c2ncc(C)cc21. The van der Waals surface area contributed by atoms with Crippen LogP contribution in [-0.2, 0) is 6.54 Å². The summed E-state index contributed by atoms with van der Waals surface area (Å²) < 4.78 is 20.3. The monoisotopic (exact) mass is 315 g/mol. The van der Waals surface area contributed by atoms with Crippen LogP contribution in [0, 0.1) is 12.7 Å². The lowest BCUT2D eigenvalue weighted by atomic mass is 10.2. The number of aromatic nitrogens is 3. The van der Waals surface area contributed by atoms with E-state index in [1.54, 1.807) is 10.8 Å². The minimum Gasteiger partial charge on any atom is -0.481 e. The van der Waals surface area contributed by atoms with Crippen LogP contribution in [0.15, 0.2) is 30.7 Å². The van der Waals surface area contributed by atoms with E-state index in [1.165, 1.54) is 19.4 Å². The van der Waals surface area contributed by atoms with Gasteiger partial charge in [-0.3, -0.25) is 4.98 Å². The second kappa shape index (κ2) is 5.68. The molecule has 3 aromatic heterocycles. The number of rotatable bonds is 4. The van der Waals surface area contributed by atoms with Crippen molar-refractivity contribution in [3.8, 4) is 5.88 Å². The molecule has 0 amide bonds. The van der Waals surface area contributed by atoms with Crippen molar-refractivity contribution >= 4 is 17.0 Å². The third kappa shape index (κ3) is 2.73. The van der Waals surface area contributed by atoms with Gasteiger partial charge in [0.05, 0.1) is 25.4 Å². The van der Waals surface area contributed by atoms with E-state index in [1.807, 2.05) is 13.0 Å². The molecule has 0 saturated heterocycles. The van der Waals surface area contributed by atoms with Gasteiger partial charge in [0.1, 0.15) is 16.9 Å². The summed E-state index contributed by atoms with van der Waals surface area (Å²) in [6.07, 6.45) is 4.18. The van der Waals surface area contributed by atoms with Crippen LogP contribution in [0.25, 0.3) is 11.0 Å². The Hall–Kier alpha value is -2.96. The molecular formula is C16H14FN3O3. The van der Waals surface area contributed by atoms with E-state index in [0.29, 0.717) is 22.5 Å². The summed E-state index contributed by atoms with van der Waals surface area (Å²) in [4.78, 5) is 19.5. The Morgan fingerprint density at radius 3 is 2.83 bits per heavy atom. The van der Waals surface area contributed by atoms with E-state index in [2.05, 4.69) is 9.97 Å². The Labute approximate surface area is 131 Å². The Morgan fingerprint density at radius 2 is 2.13 bits per heavy atom. The molecule has 23 heavy (non-hydrogen) atoms. The lowest BCUT2D eigenvalue weighted by Gasteiger charge is -2.09. The van der Waals surface area contributed by atoms with Gasteiger partial charge in [-0.25, -0.2) is 14.2 Å². The van der Waals surface area contributed by atoms with Gasteiger partial charge in [-0.2, -0.15) is 0 Å². The third-order valence-electron chi connectivity index (χ3n) is 3.51. The average molecular weight is 315 g/mol. The highest BCUT2D eigenvalue weighted by Crippen LogP contribution is 2.24. The number of methoxy groups -OCH3 is 1. The predicted molar refractivity (Wildman–Crippen MR) is 81.3 cm³/mol. The average Bonchev–Trinajstić information content (AvgIpc) is 2.86. The minimum absolute atomic E-state index is 0.100. The maximum atomic E-state index is 13.5. The van der Waals surface area contributed by atoms with E-state index in [0.717, 1.165) is 11.8 Å². The zero-order valence-corrected chi connectivity index (χ0v) is 12.6. The number of aryl methyl sites for hydroxylation is 1. The standard InChI is InChI=1S/C16H14FN3O3/c1-9-3-13-14(18-5-9)12(16(21)22)8-20(13)7-10-4-11(17)6-19-15(10)23-2/h3-6,8H,7H2,1-2H3,(H,21,22). The molecule has 0 spiro atoms. The van der Waals surface area contributed by atoms with Crippen molar-refractivity contribution in [2.75, 3.05) is 7.11 Å². The summed E-state index contributed by atoms with van der Waals surface area (Å²) in [5, 5.41) is 9.33. The Morgan fingerprint density at radius 1 is 1.35 bits per heavy atom. The third-order valence-corrected chi connectivity index (χ3v) is 3.51. The van der Waals surface area contributed by atoms with Crippen LogP contribution in [0.4, 0.5) is 4.39 Å². The van der Waals surface area contributed by atoms with E-state index in [-0.39, 0.29) is 12.1 Å². The molecule has 0 aliphatic rings. The molecule has 0 fully saturated rings. The maximum Gasteiger partial charge on any atom is 0.339 e. The summed E-state index contributed by atoms with van der Waals surface area (Å²) in [6, 6.07) is 3.16. The Balaban J connectivity index is 2.15. The predicted octanol–water partition coefficient (Wildman–Crippen LogP) is 2.63. The molecule has 3 rings (SSSR count). The second-order valence-corrected chi connectivity index (χ2v) is 5.18. The number of carbonyl (C=O) groups is 1. The van der Waals surface area contributed by atoms with Gasteiger partial charge >= 0.3 is 5.97 Å². The minimum atomic E-state index is -1.06. The number of hydrogen-bond acceptors (Lipinski definition) is 4.